The van der Waals surface area contributed by atoms with Crippen LogP contribution in [0.4, 0.5) is 11.4 Å². The molecule has 0 atom stereocenters. The van der Waals surface area contributed by atoms with Crippen LogP contribution < -0.4 is 17.7 Å². The maximum Gasteiger partial charge on any atom is 0.0480 e. The van der Waals surface area contributed by atoms with Gasteiger partial charge in [0.15, 0.2) is 0 Å². The number of aliphatic imine (C=N–C) groups is 1. The van der Waals surface area contributed by atoms with E-state index < -0.39 is 0 Å². The molecule has 0 aliphatic heterocycles. The van der Waals surface area contributed by atoms with Crippen LogP contribution in [0.2, 0.25) is 0 Å². The Morgan fingerprint density at radius 2 is 1.58 bits per heavy atom. The van der Waals surface area contributed by atoms with Gasteiger partial charge in [-0.15, -0.1) is 11.1 Å². The number of nitrogens with zero attached hydrogens (tertiary/aromatic N) is 1. The number of nitrogens with one attached hydrogen (secondary N) is 1. The summed E-state index contributed by atoms with van der Waals surface area (Å²) in [4.78, 5) is 4.51. The van der Waals surface area contributed by atoms with Crippen LogP contribution in [0.25, 0.3) is 0 Å². The van der Waals surface area contributed by atoms with Crippen molar-refractivity contribution in [1.82, 2.24) is 0 Å². The Bertz CT molecular complexity index is 694. The van der Waals surface area contributed by atoms with E-state index in [9.17, 15) is 0 Å². The van der Waals surface area contributed by atoms with Crippen LogP contribution in [0, 0.1) is 6.08 Å². The van der Waals surface area contributed by atoms with Gasteiger partial charge < -0.3 is 22.7 Å². The van der Waals surface area contributed by atoms with Gasteiger partial charge in [-0.25, -0.2) is 0 Å². The van der Waals surface area contributed by atoms with E-state index in [-0.39, 0.29) is 45.1 Å². The van der Waals surface area contributed by atoms with Crippen molar-refractivity contribution in [3.63, 3.8) is 0 Å². The number of allylic oxidation sites excluding steroid dienone is 3. The molecule has 0 aromatic heterocycles. The molecule has 0 spiro atoms. The molecular weight excluding hydrogens is 393 g/mol. The van der Waals surface area contributed by atoms with Crippen molar-refractivity contribution >= 4 is 17.6 Å². The molecule has 1 aliphatic carbocycles. The number of hydrogen-bond donors (Lipinski definition) is 1. The van der Waals surface area contributed by atoms with E-state index in [1.54, 1.807) is 0 Å². The molecular formula is C20H19ClN2Y-2. The van der Waals surface area contributed by atoms with Crippen molar-refractivity contribution in [3.05, 3.63) is 84.1 Å². The zero-order chi connectivity index (χ0) is 15.0. The second-order valence-corrected chi connectivity index (χ2v) is 5.28. The van der Waals surface area contributed by atoms with E-state index in [0.717, 1.165) is 36.2 Å². The third kappa shape index (κ3) is 6.72. The van der Waals surface area contributed by atoms with Crippen molar-refractivity contribution in [2.75, 3.05) is 5.32 Å². The first kappa shape index (κ1) is 20.8. The van der Waals surface area contributed by atoms with Gasteiger partial charge in [0.25, 0.3) is 0 Å². The molecule has 0 fully saturated rings. The van der Waals surface area contributed by atoms with Gasteiger partial charge in [0, 0.05) is 44.1 Å². The van der Waals surface area contributed by atoms with Gasteiger partial charge in [-0.1, -0.05) is 48.8 Å². The molecule has 0 unspecified atom stereocenters. The maximum atomic E-state index is 4.51. The number of rotatable bonds is 4. The summed E-state index contributed by atoms with van der Waals surface area (Å²) in [7, 11) is 0. The number of benzene rings is 2. The first-order chi connectivity index (χ1) is 10.9. The summed E-state index contributed by atoms with van der Waals surface area (Å²) >= 11 is 0. The third-order valence-electron chi connectivity index (χ3n) is 3.53. The second kappa shape index (κ2) is 11.4. The van der Waals surface area contributed by atoms with E-state index in [1.807, 2.05) is 60.9 Å². The topological polar surface area (TPSA) is 24.4 Å². The minimum Gasteiger partial charge on any atom is -1.00 e. The fourth-order valence-corrected chi connectivity index (χ4v) is 2.38. The Labute approximate surface area is 175 Å². The quantitative estimate of drug-likeness (QED) is 0.606. The minimum absolute atomic E-state index is 0. The van der Waals surface area contributed by atoms with Gasteiger partial charge in [0.1, 0.15) is 0 Å². The first-order valence-electron chi connectivity index (χ1n) is 7.63. The Morgan fingerprint density at radius 3 is 2.29 bits per heavy atom. The molecule has 1 aliphatic rings. The average molecular weight is 412 g/mol. The maximum absolute atomic E-state index is 4.51. The smallest absolute Gasteiger partial charge is 0.0480 e. The Hall–Kier alpha value is -1.22. The van der Waals surface area contributed by atoms with Crippen molar-refractivity contribution in [2.45, 2.75) is 19.3 Å². The number of para-hydroxylation sites is 2. The molecule has 121 valence electrons. The normalized spacial score (nSPS) is 15.3. The molecule has 0 saturated carbocycles. The van der Waals surface area contributed by atoms with Crippen LogP contribution in [-0.2, 0) is 32.7 Å². The summed E-state index contributed by atoms with van der Waals surface area (Å²) in [6.45, 7) is 0. The molecule has 4 heteroatoms. The molecule has 0 saturated heterocycles. The predicted octanol–water partition coefficient (Wildman–Crippen LogP) is 2.30. The van der Waals surface area contributed by atoms with E-state index in [0.29, 0.717) is 0 Å². The Kier molecular flexibility index (Phi) is 9.86. The van der Waals surface area contributed by atoms with Gasteiger partial charge in [0.05, 0.1) is 0 Å². The van der Waals surface area contributed by atoms with Gasteiger partial charge in [-0.3, -0.25) is 0 Å². The van der Waals surface area contributed by atoms with Crippen LogP contribution in [0.1, 0.15) is 19.3 Å². The standard InChI is InChI=1S/C20H19N2.ClH.Y/c1-3-10-19(11-4-1)21-15-17-8-7-9-18(14-17)16-22-20-12-5-2-6-13-20;;/h1-6,10-13,15-16,21H,7-9H2;1H;/q-1;;/p-1/b17-15+,22-16?;;. The van der Waals surface area contributed by atoms with Gasteiger partial charge >= 0.3 is 0 Å². The van der Waals surface area contributed by atoms with Crippen LogP contribution in [0.15, 0.2) is 83.0 Å². The van der Waals surface area contributed by atoms with Crippen molar-refractivity contribution in [1.29, 1.82) is 0 Å². The third-order valence-corrected chi connectivity index (χ3v) is 3.53. The molecule has 2 nitrogen and oxygen atoms in total. The summed E-state index contributed by atoms with van der Waals surface area (Å²) < 4.78 is 0. The van der Waals surface area contributed by atoms with Crippen LogP contribution in [0.5, 0.6) is 0 Å². The number of hydrogen-bond acceptors (Lipinski definition) is 2. The van der Waals surface area contributed by atoms with Crippen LogP contribution in [-0.4, -0.2) is 6.21 Å². The Balaban J connectivity index is 0.00000144. The fraction of sp³-hybridized carbons (Fsp3) is 0.150. The summed E-state index contributed by atoms with van der Waals surface area (Å²) in [5.41, 5.74) is 4.44. The predicted molar refractivity (Wildman–Crippen MR) is 93.3 cm³/mol. The number of halogens is 1. The average Bonchev–Trinajstić information content (AvgIpc) is 2.60. The summed E-state index contributed by atoms with van der Waals surface area (Å²) in [5, 5.41) is 3.33. The molecule has 0 bridgehead atoms. The van der Waals surface area contributed by atoms with E-state index >= 15 is 0 Å². The van der Waals surface area contributed by atoms with Crippen molar-refractivity contribution in [3.8, 4) is 0 Å². The zero-order valence-corrected chi connectivity index (χ0v) is 17.0. The molecule has 24 heavy (non-hydrogen) atoms. The molecule has 1 radical (unpaired) electrons. The molecule has 0 heterocycles. The van der Waals surface area contributed by atoms with Crippen LogP contribution in [0.3, 0.4) is 0 Å². The van der Waals surface area contributed by atoms with E-state index in [2.05, 4.69) is 28.5 Å². The van der Waals surface area contributed by atoms with Gasteiger partial charge in [-0.2, -0.15) is 6.08 Å². The first-order valence-corrected chi connectivity index (χ1v) is 7.63. The molecule has 2 aromatic carbocycles. The monoisotopic (exact) mass is 411 g/mol. The minimum atomic E-state index is 0. The summed E-state index contributed by atoms with van der Waals surface area (Å²) in [6, 6.07) is 20.2. The molecule has 2 aromatic rings. The SMILES string of the molecule is [C-]1=C(C=Nc2ccccc2)CCC/C1=C\Nc1ccccc1.[Cl-].[Y]. The Morgan fingerprint density at radius 1 is 0.917 bits per heavy atom. The largest absolute Gasteiger partial charge is 1.00 e. The van der Waals surface area contributed by atoms with Gasteiger partial charge in [-0.05, 0) is 43.5 Å². The van der Waals surface area contributed by atoms with Crippen molar-refractivity contribution in [2.24, 2.45) is 4.99 Å². The van der Waals surface area contributed by atoms with E-state index in [4.69, 9.17) is 0 Å². The van der Waals surface area contributed by atoms with Crippen LogP contribution >= 0.6 is 0 Å². The fourth-order valence-electron chi connectivity index (χ4n) is 2.38. The zero-order valence-electron chi connectivity index (χ0n) is 13.5. The molecule has 1 N–H and O–H groups in total. The number of anilines is 1. The van der Waals surface area contributed by atoms with E-state index in [1.165, 1.54) is 5.57 Å². The summed E-state index contributed by atoms with van der Waals surface area (Å²) in [5.74, 6) is 0. The van der Waals surface area contributed by atoms with Gasteiger partial charge in [0.2, 0.25) is 0 Å². The second-order valence-electron chi connectivity index (χ2n) is 5.28. The van der Waals surface area contributed by atoms with Crippen molar-refractivity contribution < 1.29 is 45.1 Å². The molecule has 0 amide bonds. The molecule has 3 rings (SSSR count). The summed E-state index contributed by atoms with van der Waals surface area (Å²) in [6.07, 6.45) is 10.7.